The van der Waals surface area contributed by atoms with Crippen LogP contribution in [0.2, 0.25) is 0 Å². The summed E-state index contributed by atoms with van der Waals surface area (Å²) in [5.74, 6) is -1.80. The minimum Gasteiger partial charge on any atom is -0.507 e. The van der Waals surface area contributed by atoms with Gasteiger partial charge in [-0.05, 0) is 83.9 Å². The molecule has 1 fully saturated rings. The van der Waals surface area contributed by atoms with E-state index in [2.05, 4.69) is 10.6 Å². The third kappa shape index (κ3) is 7.99. The Balaban J connectivity index is 2.10. The molecular weight excluding hydrogens is 524 g/mol. The Morgan fingerprint density at radius 3 is 2.15 bits per heavy atom. The minimum atomic E-state index is -1.22. The molecule has 0 spiro atoms. The summed E-state index contributed by atoms with van der Waals surface area (Å²) in [5, 5.41) is 16.7. The summed E-state index contributed by atoms with van der Waals surface area (Å²) in [6.07, 6.45) is 1.05. The summed E-state index contributed by atoms with van der Waals surface area (Å²) in [5.41, 5.74) is 7.69. The van der Waals surface area contributed by atoms with E-state index >= 15 is 0 Å². The number of hydrogen-bond donors (Lipinski definition) is 4. The number of ether oxygens (including phenoxy) is 1. The van der Waals surface area contributed by atoms with Crippen molar-refractivity contribution in [3.8, 4) is 5.75 Å². The van der Waals surface area contributed by atoms with Crippen LogP contribution in [0.1, 0.15) is 81.2 Å². The number of rotatable bonds is 10. The standard InChI is InChI=1S/C31H42N4O6/c1-18-10-7-11-19(2)25(18)34-28(38)26(22-15-8-12-20(3)27(22)37)35(21-13-9-14-21)29(39)23(16-17-24(32)36)33-30(40)41-31(4,5)6/h7-8,10-12,15,21,23,26,37H,9,13-14,16-17H2,1-6H3,(H2,32,36)(H,33,40)(H,34,38). The van der Waals surface area contributed by atoms with Crippen molar-refractivity contribution in [3.63, 3.8) is 0 Å². The summed E-state index contributed by atoms with van der Waals surface area (Å²) in [7, 11) is 0. The molecule has 0 aromatic heterocycles. The fourth-order valence-electron chi connectivity index (χ4n) is 4.88. The Morgan fingerprint density at radius 1 is 1.02 bits per heavy atom. The lowest BCUT2D eigenvalue weighted by Crippen LogP contribution is -2.57. The second-order valence-electron chi connectivity index (χ2n) is 11.7. The maximum Gasteiger partial charge on any atom is 0.408 e. The Labute approximate surface area is 241 Å². The molecule has 3 rings (SSSR count). The van der Waals surface area contributed by atoms with Crippen LogP contribution in [0.4, 0.5) is 10.5 Å². The number of nitrogens with zero attached hydrogens (tertiary/aromatic N) is 1. The molecular formula is C31H42N4O6. The molecule has 2 aromatic rings. The summed E-state index contributed by atoms with van der Waals surface area (Å²) in [4.78, 5) is 54.4. The van der Waals surface area contributed by atoms with E-state index in [1.54, 1.807) is 45.9 Å². The zero-order chi connectivity index (χ0) is 30.5. The van der Waals surface area contributed by atoms with E-state index in [1.807, 2.05) is 32.0 Å². The van der Waals surface area contributed by atoms with Crippen LogP contribution in [0, 0.1) is 20.8 Å². The molecule has 1 saturated carbocycles. The molecule has 2 atom stereocenters. The van der Waals surface area contributed by atoms with E-state index in [4.69, 9.17) is 10.5 Å². The van der Waals surface area contributed by atoms with Gasteiger partial charge in [0.1, 0.15) is 23.4 Å². The molecule has 0 saturated heterocycles. The highest BCUT2D eigenvalue weighted by Crippen LogP contribution is 2.39. The molecule has 1 aliphatic carbocycles. The normalized spacial score (nSPS) is 14.8. The van der Waals surface area contributed by atoms with Crippen LogP contribution in [0.15, 0.2) is 36.4 Å². The van der Waals surface area contributed by atoms with Crippen molar-refractivity contribution >= 4 is 29.5 Å². The van der Waals surface area contributed by atoms with Crippen LogP contribution in [-0.4, -0.2) is 51.5 Å². The summed E-state index contributed by atoms with van der Waals surface area (Å²) >= 11 is 0. The number of aromatic hydroxyl groups is 1. The average molecular weight is 567 g/mol. The maximum atomic E-state index is 14.3. The zero-order valence-corrected chi connectivity index (χ0v) is 24.7. The molecule has 4 amide bonds. The molecule has 41 heavy (non-hydrogen) atoms. The minimum absolute atomic E-state index is 0.0817. The molecule has 2 unspecified atom stereocenters. The van der Waals surface area contributed by atoms with Crippen molar-refractivity contribution in [1.29, 1.82) is 0 Å². The molecule has 5 N–H and O–H groups in total. The van der Waals surface area contributed by atoms with Crippen molar-refractivity contribution in [2.45, 2.75) is 97.4 Å². The number of benzene rings is 2. The molecule has 2 aromatic carbocycles. The molecule has 222 valence electrons. The molecule has 0 heterocycles. The van der Waals surface area contributed by atoms with Crippen LogP contribution in [0.25, 0.3) is 0 Å². The lowest BCUT2D eigenvalue weighted by Gasteiger charge is -2.43. The molecule has 10 nitrogen and oxygen atoms in total. The number of hydrogen-bond acceptors (Lipinski definition) is 6. The van der Waals surface area contributed by atoms with Crippen molar-refractivity contribution in [2.24, 2.45) is 5.73 Å². The van der Waals surface area contributed by atoms with Gasteiger partial charge in [-0.1, -0.05) is 36.4 Å². The number of para-hydroxylation sites is 2. The highest BCUT2D eigenvalue weighted by Gasteiger charge is 2.43. The average Bonchev–Trinajstić information content (AvgIpc) is 2.83. The van der Waals surface area contributed by atoms with Gasteiger partial charge < -0.3 is 31.1 Å². The number of anilines is 1. The Kier molecular flexibility index (Phi) is 10.0. The van der Waals surface area contributed by atoms with E-state index < -0.39 is 41.5 Å². The predicted octanol–water partition coefficient (Wildman–Crippen LogP) is 4.54. The van der Waals surface area contributed by atoms with Gasteiger partial charge in [0.15, 0.2) is 0 Å². The highest BCUT2D eigenvalue weighted by molar-refractivity contribution is 6.00. The van der Waals surface area contributed by atoms with Crippen LogP contribution < -0.4 is 16.4 Å². The van der Waals surface area contributed by atoms with Crippen molar-refractivity contribution in [1.82, 2.24) is 10.2 Å². The van der Waals surface area contributed by atoms with Crippen LogP contribution in [0.5, 0.6) is 5.75 Å². The first-order valence-electron chi connectivity index (χ1n) is 13.9. The Bertz CT molecular complexity index is 1280. The number of alkyl carbamates (subject to hydrolysis) is 1. The number of amides is 4. The van der Waals surface area contributed by atoms with E-state index in [0.29, 0.717) is 24.1 Å². The van der Waals surface area contributed by atoms with E-state index in [-0.39, 0.29) is 30.2 Å². The lowest BCUT2D eigenvalue weighted by molar-refractivity contribution is -0.146. The van der Waals surface area contributed by atoms with E-state index in [9.17, 15) is 24.3 Å². The maximum absolute atomic E-state index is 14.3. The molecule has 10 heteroatoms. The number of carbonyl (C=O) groups excluding carboxylic acids is 4. The van der Waals surface area contributed by atoms with E-state index in [0.717, 1.165) is 17.5 Å². The van der Waals surface area contributed by atoms with Crippen molar-refractivity contribution in [2.75, 3.05) is 5.32 Å². The first-order valence-corrected chi connectivity index (χ1v) is 13.9. The van der Waals surface area contributed by atoms with Crippen LogP contribution >= 0.6 is 0 Å². The second kappa shape index (κ2) is 13.1. The number of nitrogens with two attached hydrogens (primary N) is 1. The number of phenolic OH excluding ortho intramolecular Hbond substituents is 1. The smallest absolute Gasteiger partial charge is 0.408 e. The van der Waals surface area contributed by atoms with Gasteiger partial charge in [0.25, 0.3) is 5.91 Å². The van der Waals surface area contributed by atoms with Crippen molar-refractivity contribution < 1.29 is 29.0 Å². The van der Waals surface area contributed by atoms with Crippen LogP contribution in [0.3, 0.4) is 0 Å². The summed E-state index contributed by atoms with van der Waals surface area (Å²) in [6, 6.07) is 7.96. The summed E-state index contributed by atoms with van der Waals surface area (Å²) < 4.78 is 5.38. The number of carbonyl (C=O) groups is 4. The van der Waals surface area contributed by atoms with Gasteiger partial charge >= 0.3 is 6.09 Å². The fourth-order valence-corrected chi connectivity index (χ4v) is 4.88. The third-order valence-corrected chi connectivity index (χ3v) is 7.21. The van der Waals surface area contributed by atoms with Gasteiger partial charge in [0, 0.05) is 23.7 Å². The zero-order valence-electron chi connectivity index (χ0n) is 24.7. The summed E-state index contributed by atoms with van der Waals surface area (Å²) in [6.45, 7) is 10.6. The second-order valence-corrected chi connectivity index (χ2v) is 11.7. The van der Waals surface area contributed by atoms with Gasteiger partial charge in [0.05, 0.1) is 0 Å². The predicted molar refractivity (Wildman–Crippen MR) is 156 cm³/mol. The number of phenols is 1. The number of nitrogens with one attached hydrogen (secondary N) is 2. The van der Waals surface area contributed by atoms with E-state index in [1.165, 1.54) is 4.90 Å². The molecule has 0 bridgehead atoms. The van der Waals surface area contributed by atoms with Gasteiger partial charge in [-0.15, -0.1) is 0 Å². The van der Waals surface area contributed by atoms with Gasteiger partial charge in [-0.25, -0.2) is 4.79 Å². The largest absolute Gasteiger partial charge is 0.507 e. The first kappa shape index (κ1) is 31.4. The van der Waals surface area contributed by atoms with Crippen molar-refractivity contribution in [3.05, 3.63) is 58.7 Å². The topological polar surface area (TPSA) is 151 Å². The molecule has 1 aliphatic rings. The SMILES string of the molecule is Cc1cccc(C(C(=O)Nc2c(C)cccc2C)N(C(=O)C(CCC(N)=O)NC(=O)OC(C)(C)C)C2CCC2)c1O. The molecule has 0 radical (unpaired) electrons. The first-order chi connectivity index (χ1) is 19.2. The molecule has 0 aliphatic heterocycles. The quantitative estimate of drug-likeness (QED) is 0.332. The fraction of sp³-hybridized carbons (Fsp3) is 0.484. The lowest BCUT2D eigenvalue weighted by atomic mass is 9.87. The van der Waals surface area contributed by atoms with Gasteiger partial charge in [-0.3, -0.25) is 14.4 Å². The highest BCUT2D eigenvalue weighted by atomic mass is 16.6. The van der Waals surface area contributed by atoms with Gasteiger partial charge in [0.2, 0.25) is 11.8 Å². The monoisotopic (exact) mass is 566 g/mol. The third-order valence-electron chi connectivity index (χ3n) is 7.21. The number of primary amides is 1. The van der Waals surface area contributed by atoms with Gasteiger partial charge in [-0.2, -0.15) is 0 Å². The van der Waals surface area contributed by atoms with Crippen LogP contribution in [-0.2, 0) is 19.1 Å². The Hall–Kier alpha value is -4.08. The number of aryl methyl sites for hydroxylation is 3. The Morgan fingerprint density at radius 2 is 1.61 bits per heavy atom.